The first-order valence-corrected chi connectivity index (χ1v) is 8.53. The van der Waals surface area contributed by atoms with Crippen LogP contribution in [-0.4, -0.2) is 27.2 Å². The van der Waals surface area contributed by atoms with Crippen molar-refractivity contribution in [1.29, 1.82) is 0 Å². The van der Waals surface area contributed by atoms with Crippen molar-refractivity contribution in [3.63, 3.8) is 0 Å². The number of aliphatic hydroxyl groups is 1. The molecule has 2 aromatic carbocycles. The number of aryl methyl sites for hydroxylation is 2. The van der Waals surface area contributed by atoms with Crippen LogP contribution in [0.1, 0.15) is 22.8 Å². The Morgan fingerprint density at radius 2 is 1.65 bits per heavy atom. The summed E-state index contributed by atoms with van der Waals surface area (Å²) >= 11 is 0. The van der Waals surface area contributed by atoms with Gasteiger partial charge in [-0.25, -0.2) is 0 Å². The number of hydrogen-bond donors (Lipinski definition) is 1. The Balaban J connectivity index is 2.13. The van der Waals surface area contributed by atoms with E-state index in [1.54, 1.807) is 24.3 Å². The Morgan fingerprint density at radius 3 is 2.26 bits per heavy atom. The van der Waals surface area contributed by atoms with Crippen LogP contribution < -0.4 is 4.74 Å². The van der Waals surface area contributed by atoms with Crippen molar-refractivity contribution in [2.45, 2.75) is 24.8 Å². The molecule has 1 atom stereocenters. The molecule has 0 radical (unpaired) electrons. The largest absolute Gasteiger partial charge is 0.496 e. The first kappa shape index (κ1) is 17.5. The third-order valence-corrected chi connectivity index (χ3v) is 4.73. The van der Waals surface area contributed by atoms with Crippen molar-refractivity contribution in [3.8, 4) is 5.75 Å². The zero-order chi connectivity index (χ0) is 17.0. The van der Waals surface area contributed by atoms with Crippen molar-refractivity contribution in [3.05, 3.63) is 59.2 Å². The fourth-order valence-electron chi connectivity index (χ4n) is 2.13. The van der Waals surface area contributed by atoms with Crippen molar-refractivity contribution in [2.75, 3.05) is 13.7 Å². The van der Waals surface area contributed by atoms with Gasteiger partial charge in [0, 0.05) is 5.56 Å². The lowest BCUT2D eigenvalue weighted by Crippen LogP contribution is -2.14. The lowest BCUT2D eigenvalue weighted by molar-refractivity contribution is 0.109. The second-order valence-corrected chi connectivity index (χ2v) is 6.93. The van der Waals surface area contributed by atoms with Gasteiger partial charge in [-0.1, -0.05) is 29.3 Å². The van der Waals surface area contributed by atoms with Gasteiger partial charge in [-0.3, -0.25) is 4.18 Å². The van der Waals surface area contributed by atoms with Gasteiger partial charge in [0.05, 0.1) is 18.6 Å². The summed E-state index contributed by atoms with van der Waals surface area (Å²) in [5.41, 5.74) is 2.38. The quantitative estimate of drug-likeness (QED) is 0.821. The predicted octanol–water partition coefficient (Wildman–Crippen LogP) is 2.75. The Morgan fingerprint density at radius 1 is 1.04 bits per heavy atom. The molecular formula is C17H20O5S. The zero-order valence-electron chi connectivity index (χ0n) is 13.3. The van der Waals surface area contributed by atoms with Gasteiger partial charge in [-0.15, -0.1) is 0 Å². The molecule has 2 aromatic rings. The van der Waals surface area contributed by atoms with E-state index in [0.717, 1.165) is 11.1 Å². The molecule has 23 heavy (non-hydrogen) atoms. The molecule has 0 saturated heterocycles. The summed E-state index contributed by atoms with van der Waals surface area (Å²) < 4.78 is 34.4. The van der Waals surface area contributed by atoms with Crippen molar-refractivity contribution in [2.24, 2.45) is 0 Å². The van der Waals surface area contributed by atoms with Crippen molar-refractivity contribution in [1.82, 2.24) is 0 Å². The average Bonchev–Trinajstić information content (AvgIpc) is 2.53. The van der Waals surface area contributed by atoms with Crippen molar-refractivity contribution < 1.29 is 22.4 Å². The molecule has 6 heteroatoms. The highest BCUT2D eigenvalue weighted by Gasteiger charge is 2.20. The molecule has 0 aliphatic carbocycles. The van der Waals surface area contributed by atoms with Crippen LogP contribution in [0.5, 0.6) is 5.75 Å². The van der Waals surface area contributed by atoms with E-state index in [-0.39, 0.29) is 11.5 Å². The fourth-order valence-corrected chi connectivity index (χ4v) is 3.04. The van der Waals surface area contributed by atoms with E-state index in [4.69, 9.17) is 8.92 Å². The fraction of sp³-hybridized carbons (Fsp3) is 0.294. The van der Waals surface area contributed by atoms with Gasteiger partial charge in [-0.05, 0) is 38.1 Å². The molecule has 0 unspecified atom stereocenters. The Labute approximate surface area is 136 Å². The molecule has 0 heterocycles. The van der Waals surface area contributed by atoms with E-state index in [0.29, 0.717) is 11.3 Å². The Hall–Kier alpha value is -1.89. The molecule has 0 bridgehead atoms. The molecule has 0 aliphatic rings. The molecule has 0 aliphatic heterocycles. The third kappa shape index (κ3) is 4.31. The minimum absolute atomic E-state index is 0.0616. The minimum atomic E-state index is -3.91. The Bertz CT molecular complexity index is 766. The molecule has 0 aromatic heterocycles. The van der Waals surface area contributed by atoms with E-state index in [1.165, 1.54) is 19.2 Å². The molecule has 124 valence electrons. The summed E-state index contributed by atoms with van der Waals surface area (Å²) in [7, 11) is -2.42. The van der Waals surface area contributed by atoms with Gasteiger partial charge in [0.25, 0.3) is 10.1 Å². The highest BCUT2D eigenvalue weighted by molar-refractivity contribution is 7.86. The number of ether oxygens (including phenoxy) is 1. The van der Waals surface area contributed by atoms with Crippen LogP contribution in [0.2, 0.25) is 0 Å². The van der Waals surface area contributed by atoms with Crippen LogP contribution >= 0.6 is 0 Å². The predicted molar refractivity (Wildman–Crippen MR) is 87.0 cm³/mol. The Kier molecular flexibility index (Phi) is 5.41. The van der Waals surface area contributed by atoms with Crippen LogP contribution in [0, 0.1) is 13.8 Å². The standard InChI is InChI=1S/C17H20O5S/c1-12-4-7-14(8-5-12)23(19,20)22-11-16(18)15-10-13(2)6-9-17(15)21-3/h4-10,16,18H,11H2,1-3H3/t16-/m1/s1. The average molecular weight is 336 g/mol. The first-order chi connectivity index (χ1) is 10.8. The van der Waals surface area contributed by atoms with Gasteiger partial charge in [0.15, 0.2) is 0 Å². The van der Waals surface area contributed by atoms with E-state index in [1.807, 2.05) is 19.9 Å². The van der Waals surface area contributed by atoms with E-state index in [2.05, 4.69) is 0 Å². The highest BCUT2D eigenvalue weighted by Crippen LogP contribution is 2.27. The van der Waals surface area contributed by atoms with Gasteiger partial charge in [-0.2, -0.15) is 8.42 Å². The number of hydrogen-bond acceptors (Lipinski definition) is 5. The highest BCUT2D eigenvalue weighted by atomic mass is 32.2. The molecule has 0 spiro atoms. The summed E-state index contributed by atoms with van der Waals surface area (Å²) in [5.74, 6) is 0.486. The van der Waals surface area contributed by atoms with Crippen LogP contribution in [0.4, 0.5) is 0 Å². The number of benzene rings is 2. The number of aliphatic hydroxyl groups excluding tert-OH is 1. The lowest BCUT2D eigenvalue weighted by Gasteiger charge is -2.15. The number of methoxy groups -OCH3 is 1. The van der Waals surface area contributed by atoms with Crippen molar-refractivity contribution >= 4 is 10.1 Å². The summed E-state index contributed by atoms with van der Waals surface area (Å²) in [4.78, 5) is 0.0616. The molecule has 0 fully saturated rings. The second-order valence-electron chi connectivity index (χ2n) is 5.31. The maximum atomic E-state index is 12.1. The smallest absolute Gasteiger partial charge is 0.297 e. The van der Waals surface area contributed by atoms with Gasteiger partial charge >= 0.3 is 0 Å². The summed E-state index contributed by atoms with van der Waals surface area (Å²) in [6, 6.07) is 11.6. The minimum Gasteiger partial charge on any atom is -0.496 e. The molecular weight excluding hydrogens is 316 g/mol. The summed E-state index contributed by atoms with van der Waals surface area (Å²) in [5, 5.41) is 10.2. The summed E-state index contributed by atoms with van der Waals surface area (Å²) in [6.07, 6.45) is -1.11. The van der Waals surface area contributed by atoms with Gasteiger partial charge in [0.1, 0.15) is 11.9 Å². The van der Waals surface area contributed by atoms with Crippen LogP contribution in [0.25, 0.3) is 0 Å². The normalized spacial score (nSPS) is 12.9. The zero-order valence-corrected chi connectivity index (χ0v) is 14.1. The molecule has 0 amide bonds. The first-order valence-electron chi connectivity index (χ1n) is 7.12. The molecule has 2 rings (SSSR count). The topological polar surface area (TPSA) is 72.8 Å². The summed E-state index contributed by atoms with van der Waals surface area (Å²) in [6.45, 7) is 3.36. The van der Waals surface area contributed by atoms with Gasteiger partial charge in [0.2, 0.25) is 0 Å². The van der Waals surface area contributed by atoms with Crippen LogP contribution in [-0.2, 0) is 14.3 Å². The van der Waals surface area contributed by atoms with Crippen LogP contribution in [0.15, 0.2) is 47.4 Å². The molecule has 5 nitrogen and oxygen atoms in total. The SMILES string of the molecule is COc1ccc(C)cc1[C@H](O)COS(=O)(=O)c1ccc(C)cc1. The lowest BCUT2D eigenvalue weighted by atomic mass is 10.1. The van der Waals surface area contributed by atoms with E-state index < -0.39 is 16.2 Å². The maximum Gasteiger partial charge on any atom is 0.297 e. The van der Waals surface area contributed by atoms with Crippen LogP contribution in [0.3, 0.4) is 0 Å². The third-order valence-electron chi connectivity index (χ3n) is 3.43. The van der Waals surface area contributed by atoms with Gasteiger partial charge < -0.3 is 9.84 Å². The second kappa shape index (κ2) is 7.12. The molecule has 1 N–H and O–H groups in total. The van der Waals surface area contributed by atoms with E-state index >= 15 is 0 Å². The van der Waals surface area contributed by atoms with E-state index in [9.17, 15) is 13.5 Å². The maximum absolute atomic E-state index is 12.1. The number of rotatable bonds is 6. The monoisotopic (exact) mass is 336 g/mol. The molecule has 0 saturated carbocycles.